The second kappa shape index (κ2) is 3.77. The minimum absolute atomic E-state index is 0.123. The minimum atomic E-state index is -0.123. The fourth-order valence-electron chi connectivity index (χ4n) is 1.35. The molecule has 0 fully saturated rings. The lowest BCUT2D eigenvalue weighted by Crippen LogP contribution is -2.28. The van der Waals surface area contributed by atoms with Crippen molar-refractivity contribution in [1.82, 2.24) is 9.78 Å². The van der Waals surface area contributed by atoms with Crippen LogP contribution >= 0.6 is 15.9 Å². The molecule has 0 spiro atoms. The molecule has 0 aliphatic rings. The van der Waals surface area contributed by atoms with Gasteiger partial charge in [-0.3, -0.25) is 4.68 Å². The lowest BCUT2D eigenvalue weighted by atomic mass is 9.90. The highest BCUT2D eigenvalue weighted by atomic mass is 79.9. The van der Waals surface area contributed by atoms with Crippen molar-refractivity contribution in [2.24, 2.45) is 12.9 Å². The summed E-state index contributed by atoms with van der Waals surface area (Å²) < 4.78 is 2.65. The van der Waals surface area contributed by atoms with Crippen LogP contribution in [0.5, 0.6) is 0 Å². The second-order valence-electron chi connectivity index (χ2n) is 3.67. The molecule has 13 heavy (non-hydrogen) atoms. The zero-order valence-electron chi connectivity index (χ0n) is 8.04. The van der Waals surface area contributed by atoms with Crippen LogP contribution in [0.3, 0.4) is 0 Å². The number of aromatic nitrogens is 2. The van der Waals surface area contributed by atoms with E-state index in [1.165, 1.54) is 0 Å². The van der Waals surface area contributed by atoms with E-state index in [2.05, 4.69) is 39.7 Å². The number of hydrogen-bond donors (Lipinski definition) is 1. The maximum absolute atomic E-state index is 5.07. The average Bonchev–Trinajstić information content (AvgIpc) is 2.30. The van der Waals surface area contributed by atoms with Crippen molar-refractivity contribution in [2.45, 2.75) is 19.3 Å². The van der Waals surface area contributed by atoms with Crippen molar-refractivity contribution >= 4 is 15.9 Å². The summed E-state index contributed by atoms with van der Waals surface area (Å²) in [5.74, 6) is 5.07. The SMILES string of the molecule is Cn1nc(Br)cc1C(C)(C)CON. The number of rotatable bonds is 3. The predicted molar refractivity (Wildman–Crippen MR) is 54.1 cm³/mol. The molecule has 1 rings (SSSR count). The molecule has 1 heterocycles. The van der Waals surface area contributed by atoms with Crippen LogP contribution in [-0.4, -0.2) is 16.4 Å². The largest absolute Gasteiger partial charge is 0.304 e. The fraction of sp³-hybridized carbons (Fsp3) is 0.625. The molecule has 0 bridgehead atoms. The van der Waals surface area contributed by atoms with Gasteiger partial charge in [-0.15, -0.1) is 0 Å². The van der Waals surface area contributed by atoms with Gasteiger partial charge in [0.25, 0.3) is 0 Å². The molecule has 0 atom stereocenters. The maximum atomic E-state index is 5.07. The van der Waals surface area contributed by atoms with E-state index in [0.717, 1.165) is 10.3 Å². The first-order valence-corrected chi connectivity index (χ1v) is 4.78. The van der Waals surface area contributed by atoms with E-state index in [4.69, 9.17) is 5.90 Å². The molecule has 2 N–H and O–H groups in total. The molecule has 4 nitrogen and oxygen atoms in total. The van der Waals surface area contributed by atoms with Gasteiger partial charge in [-0.25, -0.2) is 5.90 Å². The molecule has 0 saturated heterocycles. The summed E-state index contributed by atoms with van der Waals surface area (Å²) in [7, 11) is 1.90. The van der Waals surface area contributed by atoms with Crippen LogP contribution in [-0.2, 0) is 17.3 Å². The van der Waals surface area contributed by atoms with Crippen molar-refractivity contribution in [2.75, 3.05) is 6.61 Å². The predicted octanol–water partition coefficient (Wildman–Crippen LogP) is 1.35. The first-order chi connectivity index (χ1) is 5.97. The first-order valence-electron chi connectivity index (χ1n) is 3.99. The number of aryl methyl sites for hydroxylation is 1. The molecule has 0 unspecified atom stereocenters. The summed E-state index contributed by atoms with van der Waals surface area (Å²) in [4.78, 5) is 4.67. The topological polar surface area (TPSA) is 53.1 Å². The van der Waals surface area contributed by atoms with Crippen LogP contribution in [0, 0.1) is 0 Å². The Labute approximate surface area is 86.1 Å². The Balaban J connectivity index is 2.98. The number of hydrogen-bond acceptors (Lipinski definition) is 3. The van der Waals surface area contributed by atoms with Gasteiger partial charge in [0, 0.05) is 18.2 Å². The molecular weight excluding hydrogens is 234 g/mol. The van der Waals surface area contributed by atoms with Crippen LogP contribution < -0.4 is 5.90 Å². The van der Waals surface area contributed by atoms with Gasteiger partial charge < -0.3 is 4.84 Å². The summed E-state index contributed by atoms with van der Waals surface area (Å²) >= 11 is 3.32. The van der Waals surface area contributed by atoms with E-state index in [0.29, 0.717) is 6.61 Å². The molecule has 0 aliphatic heterocycles. The molecule has 74 valence electrons. The van der Waals surface area contributed by atoms with Crippen LogP contribution in [0.4, 0.5) is 0 Å². The third kappa shape index (κ3) is 2.30. The van der Waals surface area contributed by atoms with E-state index >= 15 is 0 Å². The lowest BCUT2D eigenvalue weighted by Gasteiger charge is -2.22. The summed E-state index contributed by atoms with van der Waals surface area (Å²) in [6.07, 6.45) is 0. The van der Waals surface area contributed by atoms with Gasteiger partial charge in [0.2, 0.25) is 0 Å². The zero-order valence-corrected chi connectivity index (χ0v) is 9.63. The molecular formula is C8H14BrN3O. The van der Waals surface area contributed by atoms with Gasteiger partial charge in [-0.2, -0.15) is 5.10 Å². The Morgan fingerprint density at radius 2 is 2.31 bits per heavy atom. The van der Waals surface area contributed by atoms with Gasteiger partial charge in [-0.05, 0) is 22.0 Å². The molecule has 1 aromatic heterocycles. The van der Waals surface area contributed by atoms with Gasteiger partial charge in [0.15, 0.2) is 0 Å². The zero-order chi connectivity index (χ0) is 10.1. The number of nitrogens with two attached hydrogens (primary N) is 1. The highest BCUT2D eigenvalue weighted by Gasteiger charge is 2.24. The summed E-state index contributed by atoms with van der Waals surface area (Å²) in [6.45, 7) is 4.59. The van der Waals surface area contributed by atoms with E-state index in [1.807, 2.05) is 17.8 Å². The van der Waals surface area contributed by atoms with Gasteiger partial charge in [0.05, 0.1) is 6.61 Å². The average molecular weight is 248 g/mol. The Hall–Kier alpha value is -0.390. The summed E-state index contributed by atoms with van der Waals surface area (Å²) in [5, 5.41) is 4.20. The summed E-state index contributed by atoms with van der Waals surface area (Å²) in [6, 6.07) is 1.97. The van der Waals surface area contributed by atoms with Crippen molar-refractivity contribution < 1.29 is 4.84 Å². The first kappa shape index (κ1) is 10.7. The highest BCUT2D eigenvalue weighted by molar-refractivity contribution is 9.10. The van der Waals surface area contributed by atoms with Gasteiger partial charge in [-0.1, -0.05) is 13.8 Å². The molecule has 0 aromatic carbocycles. The second-order valence-corrected chi connectivity index (χ2v) is 4.48. The van der Waals surface area contributed by atoms with Crippen molar-refractivity contribution in [3.05, 3.63) is 16.4 Å². The van der Waals surface area contributed by atoms with Crippen molar-refractivity contribution in [3.8, 4) is 0 Å². The minimum Gasteiger partial charge on any atom is -0.304 e. The standard InChI is InChI=1S/C8H14BrN3O/c1-8(2,5-13-10)6-4-7(9)11-12(6)3/h4H,5,10H2,1-3H3. The number of halogens is 1. The maximum Gasteiger partial charge on any atom is 0.128 e. The van der Waals surface area contributed by atoms with Crippen molar-refractivity contribution in [3.63, 3.8) is 0 Å². The fourth-order valence-corrected chi connectivity index (χ4v) is 1.80. The van der Waals surface area contributed by atoms with Crippen LogP contribution in [0.2, 0.25) is 0 Å². The number of nitrogens with zero attached hydrogens (tertiary/aromatic N) is 2. The van der Waals surface area contributed by atoms with Crippen LogP contribution in [0.1, 0.15) is 19.5 Å². The molecule has 0 saturated carbocycles. The molecule has 5 heteroatoms. The molecule has 1 aromatic rings. The Morgan fingerprint density at radius 3 is 2.69 bits per heavy atom. The Kier molecular flexibility index (Phi) is 3.10. The summed E-state index contributed by atoms with van der Waals surface area (Å²) in [5.41, 5.74) is 0.965. The third-order valence-electron chi connectivity index (χ3n) is 1.99. The van der Waals surface area contributed by atoms with Gasteiger partial charge >= 0.3 is 0 Å². The van der Waals surface area contributed by atoms with Gasteiger partial charge in [0.1, 0.15) is 4.60 Å². The van der Waals surface area contributed by atoms with E-state index in [1.54, 1.807) is 0 Å². The lowest BCUT2D eigenvalue weighted by molar-refractivity contribution is 0.0935. The Bertz CT molecular complexity index is 296. The van der Waals surface area contributed by atoms with E-state index in [9.17, 15) is 0 Å². The monoisotopic (exact) mass is 247 g/mol. The highest BCUT2D eigenvalue weighted by Crippen LogP contribution is 2.24. The molecule has 0 radical (unpaired) electrons. The van der Waals surface area contributed by atoms with Crippen LogP contribution in [0.25, 0.3) is 0 Å². The smallest absolute Gasteiger partial charge is 0.128 e. The normalized spacial score (nSPS) is 12.1. The molecule has 0 amide bonds. The van der Waals surface area contributed by atoms with Crippen molar-refractivity contribution in [1.29, 1.82) is 0 Å². The van der Waals surface area contributed by atoms with E-state index in [-0.39, 0.29) is 5.41 Å². The van der Waals surface area contributed by atoms with Crippen LogP contribution in [0.15, 0.2) is 10.7 Å². The third-order valence-corrected chi connectivity index (χ3v) is 2.38. The molecule has 0 aliphatic carbocycles. The Morgan fingerprint density at radius 1 is 1.69 bits per heavy atom. The van der Waals surface area contributed by atoms with E-state index < -0.39 is 0 Å². The quantitative estimate of drug-likeness (QED) is 0.821.